The first-order valence-electron chi connectivity index (χ1n) is 5.39. The second-order valence-electron chi connectivity index (χ2n) is 3.66. The largest absolute Gasteiger partial charge is 0.465 e. The smallest absolute Gasteiger partial charge is 0.321 e. The topological polar surface area (TPSA) is 72.5 Å². The lowest BCUT2D eigenvalue weighted by Crippen LogP contribution is -2.31. The Bertz CT molecular complexity index is 587. The minimum absolute atomic E-state index is 0.0641. The van der Waals surface area contributed by atoms with Crippen LogP contribution in [0.5, 0.6) is 0 Å². The highest BCUT2D eigenvalue weighted by molar-refractivity contribution is 9.11. The van der Waals surface area contributed by atoms with Gasteiger partial charge in [-0.05, 0) is 47.5 Å². The minimum atomic E-state index is -3.77. The molecule has 0 aliphatic carbocycles. The van der Waals surface area contributed by atoms with Gasteiger partial charge in [0.25, 0.3) is 0 Å². The number of esters is 1. The molecule has 0 spiro atoms. The van der Waals surface area contributed by atoms with Gasteiger partial charge < -0.3 is 4.74 Å². The number of carbonyl (C=O) groups excluding carboxylic acids is 1. The van der Waals surface area contributed by atoms with E-state index in [1.807, 2.05) is 6.92 Å². The molecule has 5 nitrogen and oxygen atoms in total. The maximum absolute atomic E-state index is 12.1. The summed E-state index contributed by atoms with van der Waals surface area (Å²) >= 11 is 6.47. The van der Waals surface area contributed by atoms with Crippen LogP contribution in [-0.2, 0) is 19.6 Å². The lowest BCUT2D eigenvalue weighted by molar-refractivity contribution is -0.141. The molecular formula is C11H13Br2NO4S. The molecular weight excluding hydrogens is 402 g/mol. The van der Waals surface area contributed by atoms with Crippen molar-refractivity contribution in [1.29, 1.82) is 0 Å². The average molecular weight is 415 g/mol. The fraction of sp³-hybridized carbons (Fsp3) is 0.364. The first-order valence-corrected chi connectivity index (χ1v) is 8.45. The van der Waals surface area contributed by atoms with Gasteiger partial charge in [-0.25, -0.2) is 8.42 Å². The van der Waals surface area contributed by atoms with Gasteiger partial charge in [0.2, 0.25) is 10.0 Å². The lowest BCUT2D eigenvalue weighted by atomic mass is 10.2. The molecule has 0 aliphatic rings. The predicted octanol–water partition coefficient (Wildman–Crippen LogP) is 2.36. The number of carbonyl (C=O) groups is 1. The Morgan fingerprint density at radius 3 is 2.53 bits per heavy atom. The van der Waals surface area contributed by atoms with Crippen molar-refractivity contribution in [3.8, 4) is 0 Å². The van der Waals surface area contributed by atoms with Crippen molar-refractivity contribution in [2.24, 2.45) is 0 Å². The van der Waals surface area contributed by atoms with E-state index in [1.165, 1.54) is 6.07 Å². The highest BCUT2D eigenvalue weighted by Crippen LogP contribution is 2.28. The second-order valence-corrected chi connectivity index (χ2v) is 7.11. The van der Waals surface area contributed by atoms with E-state index in [0.717, 1.165) is 5.56 Å². The van der Waals surface area contributed by atoms with Crippen molar-refractivity contribution < 1.29 is 17.9 Å². The second kappa shape index (κ2) is 6.83. The number of hydrogen-bond donors (Lipinski definition) is 1. The van der Waals surface area contributed by atoms with Crippen LogP contribution in [0.25, 0.3) is 0 Å². The van der Waals surface area contributed by atoms with E-state index >= 15 is 0 Å². The molecule has 1 rings (SSSR count). The van der Waals surface area contributed by atoms with Gasteiger partial charge in [0, 0.05) is 8.95 Å². The number of benzene rings is 1. The van der Waals surface area contributed by atoms with Gasteiger partial charge in [-0.15, -0.1) is 0 Å². The van der Waals surface area contributed by atoms with Crippen LogP contribution in [0.4, 0.5) is 0 Å². The van der Waals surface area contributed by atoms with Crippen LogP contribution in [0.1, 0.15) is 12.5 Å². The summed E-state index contributed by atoms with van der Waals surface area (Å²) in [5, 5.41) is 0. The third-order valence-electron chi connectivity index (χ3n) is 2.21. The molecule has 1 aromatic rings. The zero-order valence-electron chi connectivity index (χ0n) is 10.4. The van der Waals surface area contributed by atoms with E-state index in [0.29, 0.717) is 8.95 Å². The predicted molar refractivity (Wildman–Crippen MR) is 78.4 cm³/mol. The Kier molecular flexibility index (Phi) is 5.97. The summed E-state index contributed by atoms with van der Waals surface area (Å²) in [7, 11) is -3.77. The quantitative estimate of drug-likeness (QED) is 0.750. The van der Waals surface area contributed by atoms with Crippen LogP contribution in [-0.4, -0.2) is 27.5 Å². The van der Waals surface area contributed by atoms with Gasteiger partial charge >= 0.3 is 5.97 Å². The Hall–Kier alpha value is -0.440. The SMILES string of the molecule is CCOC(=O)CNS(=O)(=O)c1cc(Br)c(C)cc1Br. The normalized spacial score (nSPS) is 11.4. The number of ether oxygens (including phenoxy) is 1. The molecule has 1 aromatic carbocycles. The molecule has 0 aliphatic heterocycles. The number of sulfonamides is 1. The summed E-state index contributed by atoms with van der Waals surface area (Å²) in [5.41, 5.74) is 0.899. The summed E-state index contributed by atoms with van der Waals surface area (Å²) in [5.74, 6) is -0.617. The molecule has 0 saturated heterocycles. The van der Waals surface area contributed by atoms with E-state index in [4.69, 9.17) is 0 Å². The molecule has 0 heterocycles. The van der Waals surface area contributed by atoms with Crippen molar-refractivity contribution in [3.05, 3.63) is 26.6 Å². The standard InChI is InChI=1S/C11H13Br2NO4S/c1-3-18-11(15)6-14-19(16,17)10-5-8(12)7(2)4-9(10)13/h4-5,14H,3,6H2,1-2H3. The van der Waals surface area contributed by atoms with E-state index in [2.05, 4.69) is 41.3 Å². The van der Waals surface area contributed by atoms with Crippen LogP contribution in [0, 0.1) is 6.92 Å². The maximum atomic E-state index is 12.1. The fourth-order valence-corrected chi connectivity index (χ4v) is 3.92. The lowest BCUT2D eigenvalue weighted by Gasteiger charge is -2.10. The number of hydrogen-bond acceptors (Lipinski definition) is 4. The van der Waals surface area contributed by atoms with Gasteiger partial charge in [-0.2, -0.15) is 4.72 Å². The molecule has 19 heavy (non-hydrogen) atoms. The monoisotopic (exact) mass is 413 g/mol. The van der Waals surface area contributed by atoms with Gasteiger partial charge in [-0.1, -0.05) is 15.9 Å². The van der Waals surface area contributed by atoms with Gasteiger partial charge in [-0.3, -0.25) is 4.79 Å². The Balaban J connectivity index is 2.95. The third kappa shape index (κ3) is 4.55. The van der Waals surface area contributed by atoms with E-state index < -0.39 is 22.5 Å². The first-order chi connectivity index (χ1) is 8.77. The van der Waals surface area contributed by atoms with Gasteiger partial charge in [0.1, 0.15) is 6.54 Å². The third-order valence-corrected chi connectivity index (χ3v) is 5.43. The summed E-state index contributed by atoms with van der Waals surface area (Å²) in [6, 6.07) is 3.16. The van der Waals surface area contributed by atoms with E-state index in [1.54, 1.807) is 13.0 Å². The van der Waals surface area contributed by atoms with Crippen LogP contribution in [0.3, 0.4) is 0 Å². The van der Waals surface area contributed by atoms with Crippen LogP contribution in [0.15, 0.2) is 26.0 Å². The van der Waals surface area contributed by atoms with Crippen molar-refractivity contribution in [2.45, 2.75) is 18.7 Å². The Labute approximate surface area is 129 Å². The minimum Gasteiger partial charge on any atom is -0.465 e. The molecule has 0 saturated carbocycles. The van der Waals surface area contributed by atoms with Crippen molar-refractivity contribution in [2.75, 3.05) is 13.2 Å². The van der Waals surface area contributed by atoms with Gasteiger partial charge in [0.15, 0.2) is 0 Å². The number of aryl methyl sites for hydroxylation is 1. The molecule has 8 heteroatoms. The van der Waals surface area contributed by atoms with E-state index in [-0.39, 0.29) is 11.5 Å². The summed E-state index contributed by atoms with van der Waals surface area (Å²) in [4.78, 5) is 11.2. The summed E-state index contributed by atoms with van der Waals surface area (Å²) in [6.45, 7) is 3.31. The molecule has 0 radical (unpaired) electrons. The highest BCUT2D eigenvalue weighted by atomic mass is 79.9. The average Bonchev–Trinajstić information content (AvgIpc) is 2.31. The van der Waals surface area contributed by atoms with Crippen LogP contribution < -0.4 is 4.72 Å². The van der Waals surface area contributed by atoms with Crippen LogP contribution >= 0.6 is 31.9 Å². The fourth-order valence-electron chi connectivity index (χ4n) is 1.28. The van der Waals surface area contributed by atoms with Crippen LogP contribution in [0.2, 0.25) is 0 Å². The maximum Gasteiger partial charge on any atom is 0.321 e. The number of rotatable bonds is 5. The molecule has 0 amide bonds. The molecule has 0 fully saturated rings. The van der Waals surface area contributed by atoms with Gasteiger partial charge in [0.05, 0.1) is 11.5 Å². The Morgan fingerprint density at radius 2 is 1.95 bits per heavy atom. The molecule has 106 valence electrons. The van der Waals surface area contributed by atoms with Crippen molar-refractivity contribution in [1.82, 2.24) is 4.72 Å². The van der Waals surface area contributed by atoms with Crippen molar-refractivity contribution in [3.63, 3.8) is 0 Å². The first kappa shape index (κ1) is 16.6. The molecule has 0 atom stereocenters. The Morgan fingerprint density at radius 1 is 1.32 bits per heavy atom. The van der Waals surface area contributed by atoms with Crippen molar-refractivity contribution >= 4 is 47.9 Å². The van der Waals surface area contributed by atoms with E-state index in [9.17, 15) is 13.2 Å². The summed E-state index contributed by atoms with van der Waals surface area (Å²) in [6.07, 6.45) is 0. The molecule has 0 aromatic heterocycles. The summed E-state index contributed by atoms with van der Waals surface area (Å²) < 4.78 is 32.1. The number of nitrogens with one attached hydrogen (secondary N) is 1. The zero-order valence-corrected chi connectivity index (χ0v) is 14.4. The molecule has 1 N–H and O–H groups in total. The molecule has 0 bridgehead atoms. The highest BCUT2D eigenvalue weighted by Gasteiger charge is 2.20. The molecule has 0 unspecified atom stereocenters. The number of halogens is 2. The zero-order chi connectivity index (χ0) is 14.6.